The Labute approximate surface area is 169 Å². The lowest BCUT2D eigenvalue weighted by Crippen LogP contribution is -2.25. The van der Waals surface area contributed by atoms with Gasteiger partial charge in [-0.2, -0.15) is 0 Å². The first-order valence-corrected chi connectivity index (χ1v) is 9.48. The number of rotatable bonds is 5. The number of ether oxygens (including phenoxy) is 2. The van der Waals surface area contributed by atoms with E-state index < -0.39 is 11.7 Å². The number of aromatic nitrogens is 1. The molecule has 1 aliphatic rings. The van der Waals surface area contributed by atoms with Crippen LogP contribution >= 0.6 is 0 Å². The topological polar surface area (TPSA) is 69.6 Å². The number of ketones is 1. The molecule has 2 aromatic carbocycles. The molecule has 0 saturated heterocycles. The molecule has 0 unspecified atom stereocenters. The summed E-state index contributed by atoms with van der Waals surface area (Å²) >= 11 is 0. The van der Waals surface area contributed by atoms with E-state index in [0.29, 0.717) is 42.6 Å². The Balaban J connectivity index is 1.49. The second-order valence-electron chi connectivity index (χ2n) is 7.08. The molecule has 1 aromatic heterocycles. The van der Waals surface area contributed by atoms with Crippen molar-refractivity contribution < 1.29 is 19.1 Å². The van der Waals surface area contributed by atoms with Crippen molar-refractivity contribution in [3.63, 3.8) is 0 Å². The van der Waals surface area contributed by atoms with Crippen molar-refractivity contribution in [3.8, 4) is 11.5 Å². The summed E-state index contributed by atoms with van der Waals surface area (Å²) in [5.41, 5.74) is 4.32. The van der Waals surface area contributed by atoms with E-state index in [0.717, 1.165) is 5.56 Å². The van der Waals surface area contributed by atoms with Crippen LogP contribution in [0, 0.1) is 13.8 Å². The first kappa shape index (κ1) is 18.8. The van der Waals surface area contributed by atoms with Crippen LogP contribution in [0.5, 0.6) is 11.5 Å². The van der Waals surface area contributed by atoms with Crippen LogP contribution in [0.15, 0.2) is 54.7 Å². The molecule has 0 bridgehead atoms. The molecular formula is C23H22N2O4. The van der Waals surface area contributed by atoms with E-state index in [1.807, 2.05) is 6.07 Å². The summed E-state index contributed by atoms with van der Waals surface area (Å²) in [4.78, 5) is 25.3. The summed E-state index contributed by atoms with van der Waals surface area (Å²) in [6.07, 6.45) is 1.81. The Hall–Kier alpha value is -3.54. The zero-order valence-corrected chi connectivity index (χ0v) is 16.4. The van der Waals surface area contributed by atoms with Crippen molar-refractivity contribution in [1.82, 2.24) is 4.57 Å². The quantitative estimate of drug-likeness (QED) is 0.532. The molecule has 2 heterocycles. The number of nitrogens with one attached hydrogen (secondary N) is 1. The van der Waals surface area contributed by atoms with Gasteiger partial charge in [-0.25, -0.2) is 0 Å². The monoisotopic (exact) mass is 390 g/mol. The van der Waals surface area contributed by atoms with Crippen molar-refractivity contribution >= 4 is 17.4 Å². The average Bonchev–Trinajstić information content (AvgIpc) is 3.18. The third-order valence-electron chi connectivity index (χ3n) is 4.99. The van der Waals surface area contributed by atoms with E-state index in [1.165, 1.54) is 11.1 Å². The predicted molar refractivity (Wildman–Crippen MR) is 110 cm³/mol. The van der Waals surface area contributed by atoms with Gasteiger partial charge in [0.05, 0.1) is 5.69 Å². The Bertz CT molecular complexity index is 1080. The van der Waals surface area contributed by atoms with Crippen molar-refractivity contribution in [1.29, 1.82) is 0 Å². The molecule has 0 radical (unpaired) electrons. The standard InChI is InChI=1S/C23H22N2O4/c1-15-5-6-17(12-16(15)2)14-25-9-3-4-19(25)22(26)23(27)24-18-7-8-20-21(13-18)29-11-10-28-20/h3-9,12-13H,10-11,14H2,1-2H3,(H,24,27). The fourth-order valence-corrected chi connectivity index (χ4v) is 3.28. The molecule has 1 N–H and O–H groups in total. The van der Waals surface area contributed by atoms with E-state index >= 15 is 0 Å². The molecule has 148 valence electrons. The number of carbonyl (C=O) groups is 2. The summed E-state index contributed by atoms with van der Waals surface area (Å²) in [7, 11) is 0. The van der Waals surface area contributed by atoms with Gasteiger partial charge in [0, 0.05) is 24.5 Å². The van der Waals surface area contributed by atoms with Crippen molar-refractivity contribution in [2.24, 2.45) is 0 Å². The van der Waals surface area contributed by atoms with Gasteiger partial charge in [-0.1, -0.05) is 18.2 Å². The second kappa shape index (κ2) is 7.83. The summed E-state index contributed by atoms with van der Waals surface area (Å²) in [5.74, 6) is -0.0992. The minimum absolute atomic E-state index is 0.346. The highest BCUT2D eigenvalue weighted by Gasteiger charge is 2.21. The molecule has 0 atom stereocenters. The van der Waals surface area contributed by atoms with E-state index in [9.17, 15) is 9.59 Å². The molecule has 0 saturated carbocycles. The van der Waals surface area contributed by atoms with Crippen molar-refractivity contribution in [2.45, 2.75) is 20.4 Å². The summed E-state index contributed by atoms with van der Waals surface area (Å²) in [5, 5.41) is 2.65. The van der Waals surface area contributed by atoms with Crippen LogP contribution in [0.25, 0.3) is 0 Å². The average molecular weight is 390 g/mol. The zero-order chi connectivity index (χ0) is 20.4. The fraction of sp³-hybridized carbons (Fsp3) is 0.217. The largest absolute Gasteiger partial charge is 0.486 e. The van der Waals surface area contributed by atoms with Crippen LogP contribution in [0.2, 0.25) is 0 Å². The van der Waals surface area contributed by atoms with Crippen LogP contribution in [-0.2, 0) is 11.3 Å². The first-order chi connectivity index (χ1) is 14.0. The van der Waals surface area contributed by atoms with Crippen LogP contribution in [0.4, 0.5) is 5.69 Å². The summed E-state index contributed by atoms with van der Waals surface area (Å²) in [6.45, 7) is 5.59. The lowest BCUT2D eigenvalue weighted by atomic mass is 10.1. The molecule has 29 heavy (non-hydrogen) atoms. The normalized spacial score (nSPS) is 12.5. The number of hydrogen-bond donors (Lipinski definition) is 1. The molecule has 6 nitrogen and oxygen atoms in total. The van der Waals surface area contributed by atoms with Crippen LogP contribution in [-0.4, -0.2) is 29.5 Å². The van der Waals surface area contributed by atoms with Crippen LogP contribution in [0.1, 0.15) is 27.2 Å². The summed E-state index contributed by atoms with van der Waals surface area (Å²) in [6, 6.07) is 14.7. The van der Waals surface area contributed by atoms with Gasteiger partial charge in [-0.15, -0.1) is 0 Å². The molecule has 1 amide bonds. The number of aryl methyl sites for hydroxylation is 2. The predicted octanol–water partition coefficient (Wildman–Crippen LogP) is 3.75. The highest BCUT2D eigenvalue weighted by Crippen LogP contribution is 2.32. The van der Waals surface area contributed by atoms with Gasteiger partial charge in [-0.05, 0) is 54.8 Å². The maximum atomic E-state index is 12.7. The van der Waals surface area contributed by atoms with Gasteiger partial charge in [0.25, 0.3) is 11.7 Å². The Morgan fingerprint density at radius 2 is 1.76 bits per heavy atom. The minimum Gasteiger partial charge on any atom is -0.486 e. The first-order valence-electron chi connectivity index (χ1n) is 9.48. The van der Waals surface area contributed by atoms with Crippen LogP contribution in [0.3, 0.4) is 0 Å². The lowest BCUT2D eigenvalue weighted by molar-refractivity contribution is -0.112. The van der Waals surface area contributed by atoms with Crippen molar-refractivity contribution in [3.05, 3.63) is 77.1 Å². The molecule has 6 heteroatoms. The van der Waals surface area contributed by atoms with Gasteiger partial charge in [0.15, 0.2) is 11.5 Å². The number of anilines is 1. The van der Waals surface area contributed by atoms with E-state index in [2.05, 4.69) is 31.3 Å². The number of amides is 1. The molecule has 1 aliphatic heterocycles. The highest BCUT2D eigenvalue weighted by molar-refractivity contribution is 6.46. The van der Waals surface area contributed by atoms with Gasteiger partial charge >= 0.3 is 0 Å². The lowest BCUT2D eigenvalue weighted by Gasteiger charge is -2.19. The number of nitrogens with zero attached hydrogens (tertiary/aromatic N) is 1. The molecule has 0 spiro atoms. The SMILES string of the molecule is Cc1ccc(Cn2cccc2C(=O)C(=O)Nc2ccc3c(c2)OCCO3)cc1C. The Morgan fingerprint density at radius 3 is 2.55 bits per heavy atom. The second-order valence-corrected chi connectivity index (χ2v) is 7.08. The van der Waals surface area contributed by atoms with Crippen LogP contribution < -0.4 is 14.8 Å². The molecule has 0 fully saturated rings. The van der Waals surface area contributed by atoms with Crippen molar-refractivity contribution in [2.75, 3.05) is 18.5 Å². The number of fused-ring (bicyclic) bond motifs is 1. The zero-order valence-electron chi connectivity index (χ0n) is 16.4. The fourth-order valence-electron chi connectivity index (χ4n) is 3.28. The number of benzene rings is 2. The highest BCUT2D eigenvalue weighted by atomic mass is 16.6. The van der Waals surface area contributed by atoms with Gasteiger partial charge < -0.3 is 19.4 Å². The molecule has 4 rings (SSSR count). The van der Waals surface area contributed by atoms with Gasteiger partial charge in [0.2, 0.25) is 0 Å². The smallest absolute Gasteiger partial charge is 0.298 e. The van der Waals surface area contributed by atoms with E-state index in [1.54, 1.807) is 41.1 Å². The summed E-state index contributed by atoms with van der Waals surface area (Å²) < 4.78 is 12.8. The third kappa shape index (κ3) is 4.01. The minimum atomic E-state index is -0.693. The molecule has 0 aliphatic carbocycles. The maximum absolute atomic E-state index is 12.7. The van der Waals surface area contributed by atoms with Gasteiger partial charge in [-0.3, -0.25) is 9.59 Å². The Kier molecular flexibility index (Phi) is 5.08. The number of hydrogen-bond acceptors (Lipinski definition) is 4. The third-order valence-corrected chi connectivity index (χ3v) is 4.99. The maximum Gasteiger partial charge on any atom is 0.298 e. The number of carbonyl (C=O) groups excluding carboxylic acids is 2. The number of Topliss-reactive ketones (excluding diaryl/α,β-unsaturated/α-hetero) is 1. The molecular weight excluding hydrogens is 368 g/mol. The molecule has 3 aromatic rings. The Morgan fingerprint density at radius 1 is 0.966 bits per heavy atom. The van der Waals surface area contributed by atoms with E-state index in [4.69, 9.17) is 9.47 Å². The van der Waals surface area contributed by atoms with Gasteiger partial charge in [0.1, 0.15) is 13.2 Å². The van der Waals surface area contributed by atoms with E-state index in [-0.39, 0.29) is 0 Å².